The minimum absolute atomic E-state index is 0.695. The molecule has 1 aliphatic carbocycles. The van der Waals surface area contributed by atoms with E-state index in [0.29, 0.717) is 6.04 Å². The van der Waals surface area contributed by atoms with Crippen LogP contribution >= 0.6 is 15.9 Å². The Kier molecular flexibility index (Phi) is 4.86. The second-order valence-electron chi connectivity index (χ2n) is 4.68. The normalized spacial score (nSPS) is 23.9. The van der Waals surface area contributed by atoms with Crippen LogP contribution in [0, 0.1) is 5.92 Å². The second kappa shape index (κ2) is 6.41. The van der Waals surface area contributed by atoms with Crippen LogP contribution in [-0.4, -0.2) is 19.7 Å². The van der Waals surface area contributed by atoms with Gasteiger partial charge in [0.05, 0.1) is 6.61 Å². The van der Waals surface area contributed by atoms with Crippen LogP contribution in [0.5, 0.6) is 5.75 Å². The Morgan fingerprint density at radius 1 is 1.41 bits per heavy atom. The standard InChI is InChI=1S/C14H20BrNO/c1-16-14-7-2-4-11(14)8-9-17-13-6-3-5-12(15)10-13/h3,5-6,10-11,14,16H,2,4,7-9H2,1H3. The number of rotatable bonds is 5. The van der Waals surface area contributed by atoms with Crippen molar-refractivity contribution in [3.05, 3.63) is 28.7 Å². The summed E-state index contributed by atoms with van der Waals surface area (Å²) in [5.74, 6) is 1.74. The molecule has 0 radical (unpaired) electrons. The first-order valence-corrected chi connectivity index (χ1v) is 7.14. The predicted octanol–water partition coefficient (Wildman–Crippen LogP) is 3.61. The maximum atomic E-state index is 5.78. The van der Waals surface area contributed by atoms with Crippen molar-refractivity contribution in [3.63, 3.8) is 0 Å². The Bertz CT molecular complexity index is 356. The van der Waals surface area contributed by atoms with E-state index in [4.69, 9.17) is 4.74 Å². The second-order valence-corrected chi connectivity index (χ2v) is 5.60. The Morgan fingerprint density at radius 3 is 3.06 bits per heavy atom. The van der Waals surface area contributed by atoms with Crippen molar-refractivity contribution in [2.45, 2.75) is 31.7 Å². The highest BCUT2D eigenvalue weighted by Gasteiger charge is 2.25. The SMILES string of the molecule is CNC1CCCC1CCOc1cccc(Br)c1. The van der Waals surface area contributed by atoms with Crippen molar-refractivity contribution in [2.75, 3.05) is 13.7 Å². The topological polar surface area (TPSA) is 21.3 Å². The van der Waals surface area contributed by atoms with Crippen LogP contribution in [-0.2, 0) is 0 Å². The summed E-state index contributed by atoms with van der Waals surface area (Å²) < 4.78 is 6.86. The largest absolute Gasteiger partial charge is 0.494 e. The fourth-order valence-electron chi connectivity index (χ4n) is 2.65. The molecule has 2 atom stereocenters. The molecule has 2 nitrogen and oxygen atoms in total. The minimum atomic E-state index is 0.695. The molecule has 1 aromatic rings. The number of hydrogen-bond acceptors (Lipinski definition) is 2. The molecule has 94 valence electrons. The van der Waals surface area contributed by atoms with Crippen molar-refractivity contribution in [1.82, 2.24) is 5.32 Å². The molecule has 2 unspecified atom stereocenters. The van der Waals surface area contributed by atoms with Crippen molar-refractivity contribution < 1.29 is 4.74 Å². The quantitative estimate of drug-likeness (QED) is 0.896. The van der Waals surface area contributed by atoms with Gasteiger partial charge in [-0.2, -0.15) is 0 Å². The predicted molar refractivity (Wildman–Crippen MR) is 74.4 cm³/mol. The molecule has 0 saturated heterocycles. The number of ether oxygens (including phenoxy) is 1. The van der Waals surface area contributed by atoms with Crippen LogP contribution in [0.2, 0.25) is 0 Å². The summed E-state index contributed by atoms with van der Waals surface area (Å²) in [6, 6.07) is 8.74. The zero-order valence-corrected chi connectivity index (χ0v) is 11.9. The lowest BCUT2D eigenvalue weighted by molar-refractivity contribution is 0.263. The molecular formula is C14H20BrNO. The van der Waals surface area contributed by atoms with Gasteiger partial charge in [-0.05, 0) is 50.4 Å². The average molecular weight is 298 g/mol. The van der Waals surface area contributed by atoms with Crippen LogP contribution in [0.3, 0.4) is 0 Å². The van der Waals surface area contributed by atoms with Crippen molar-refractivity contribution >= 4 is 15.9 Å². The maximum absolute atomic E-state index is 5.78. The average Bonchev–Trinajstić information content (AvgIpc) is 2.77. The lowest BCUT2D eigenvalue weighted by atomic mass is 10.0. The van der Waals surface area contributed by atoms with Gasteiger partial charge in [-0.3, -0.25) is 0 Å². The smallest absolute Gasteiger partial charge is 0.120 e. The molecule has 3 heteroatoms. The third kappa shape index (κ3) is 3.71. The van der Waals surface area contributed by atoms with E-state index < -0.39 is 0 Å². The van der Waals surface area contributed by atoms with E-state index in [1.807, 2.05) is 24.3 Å². The van der Waals surface area contributed by atoms with E-state index in [1.165, 1.54) is 19.3 Å². The van der Waals surface area contributed by atoms with E-state index in [0.717, 1.165) is 29.2 Å². The van der Waals surface area contributed by atoms with Gasteiger partial charge < -0.3 is 10.1 Å². The number of nitrogens with one attached hydrogen (secondary N) is 1. The summed E-state index contributed by atoms with van der Waals surface area (Å²) in [6.45, 7) is 0.819. The Labute approximate surface area is 112 Å². The highest BCUT2D eigenvalue weighted by atomic mass is 79.9. The molecule has 0 aliphatic heterocycles. The molecule has 1 aromatic carbocycles. The monoisotopic (exact) mass is 297 g/mol. The van der Waals surface area contributed by atoms with E-state index >= 15 is 0 Å². The van der Waals surface area contributed by atoms with Crippen LogP contribution in [0.15, 0.2) is 28.7 Å². The highest BCUT2D eigenvalue weighted by molar-refractivity contribution is 9.10. The molecular weight excluding hydrogens is 278 g/mol. The summed E-state index contributed by atoms with van der Waals surface area (Å²) in [4.78, 5) is 0. The van der Waals surface area contributed by atoms with Gasteiger partial charge >= 0.3 is 0 Å². The number of benzene rings is 1. The fraction of sp³-hybridized carbons (Fsp3) is 0.571. The molecule has 0 spiro atoms. The number of hydrogen-bond donors (Lipinski definition) is 1. The highest BCUT2D eigenvalue weighted by Crippen LogP contribution is 2.28. The lowest BCUT2D eigenvalue weighted by Crippen LogP contribution is -2.29. The summed E-state index contributed by atoms with van der Waals surface area (Å²) >= 11 is 3.45. The Balaban J connectivity index is 1.76. The first kappa shape index (κ1) is 12.9. The zero-order valence-electron chi connectivity index (χ0n) is 10.3. The van der Waals surface area contributed by atoms with Gasteiger partial charge in [-0.1, -0.05) is 28.4 Å². The van der Waals surface area contributed by atoms with Crippen molar-refractivity contribution in [2.24, 2.45) is 5.92 Å². The van der Waals surface area contributed by atoms with Crippen LogP contribution in [0.1, 0.15) is 25.7 Å². The lowest BCUT2D eigenvalue weighted by Gasteiger charge is -2.18. The van der Waals surface area contributed by atoms with Gasteiger partial charge in [0.25, 0.3) is 0 Å². The fourth-order valence-corrected chi connectivity index (χ4v) is 3.03. The van der Waals surface area contributed by atoms with E-state index in [9.17, 15) is 0 Å². The minimum Gasteiger partial charge on any atom is -0.494 e. The molecule has 1 aliphatic rings. The van der Waals surface area contributed by atoms with Crippen LogP contribution < -0.4 is 10.1 Å². The van der Waals surface area contributed by atoms with E-state index in [1.54, 1.807) is 0 Å². The van der Waals surface area contributed by atoms with Crippen molar-refractivity contribution in [3.8, 4) is 5.75 Å². The Hall–Kier alpha value is -0.540. The first-order valence-electron chi connectivity index (χ1n) is 6.35. The third-order valence-electron chi connectivity index (χ3n) is 3.58. The summed E-state index contributed by atoms with van der Waals surface area (Å²) in [6.07, 6.45) is 5.16. The molecule has 0 bridgehead atoms. The van der Waals surface area contributed by atoms with E-state index in [2.05, 4.69) is 28.3 Å². The summed E-state index contributed by atoms with van der Waals surface area (Å²) in [5, 5.41) is 3.41. The molecule has 1 saturated carbocycles. The van der Waals surface area contributed by atoms with Crippen LogP contribution in [0.4, 0.5) is 0 Å². The summed E-state index contributed by atoms with van der Waals surface area (Å²) in [7, 11) is 2.07. The first-order chi connectivity index (χ1) is 8.29. The molecule has 0 amide bonds. The van der Waals surface area contributed by atoms with Gasteiger partial charge in [0.15, 0.2) is 0 Å². The van der Waals surface area contributed by atoms with Crippen molar-refractivity contribution in [1.29, 1.82) is 0 Å². The zero-order chi connectivity index (χ0) is 12.1. The maximum Gasteiger partial charge on any atom is 0.120 e. The molecule has 0 aromatic heterocycles. The van der Waals surface area contributed by atoms with Gasteiger partial charge in [0.1, 0.15) is 5.75 Å². The molecule has 1 N–H and O–H groups in total. The Morgan fingerprint density at radius 2 is 2.29 bits per heavy atom. The van der Waals surface area contributed by atoms with E-state index in [-0.39, 0.29) is 0 Å². The molecule has 17 heavy (non-hydrogen) atoms. The number of halogens is 1. The molecule has 1 fully saturated rings. The summed E-state index contributed by atoms with van der Waals surface area (Å²) in [5.41, 5.74) is 0. The van der Waals surface area contributed by atoms with Gasteiger partial charge in [-0.25, -0.2) is 0 Å². The molecule has 2 rings (SSSR count). The van der Waals surface area contributed by atoms with Gasteiger partial charge in [-0.15, -0.1) is 0 Å². The van der Waals surface area contributed by atoms with Crippen LogP contribution in [0.25, 0.3) is 0 Å². The van der Waals surface area contributed by atoms with Gasteiger partial charge in [0, 0.05) is 10.5 Å². The van der Waals surface area contributed by atoms with Gasteiger partial charge in [0.2, 0.25) is 0 Å². The third-order valence-corrected chi connectivity index (χ3v) is 4.08. The molecule has 0 heterocycles.